The number of ether oxygens (including phenoxy) is 2. The summed E-state index contributed by atoms with van der Waals surface area (Å²) in [6, 6.07) is 7.07. The van der Waals surface area contributed by atoms with Crippen LogP contribution in [0.15, 0.2) is 24.3 Å². The van der Waals surface area contributed by atoms with Gasteiger partial charge < -0.3 is 9.47 Å². The molecule has 0 saturated carbocycles. The first-order chi connectivity index (χ1) is 6.79. The molecule has 14 heavy (non-hydrogen) atoms. The molecule has 1 aromatic carbocycles. The van der Waals surface area contributed by atoms with Crippen LogP contribution >= 0.6 is 0 Å². The maximum Gasteiger partial charge on any atom is 0.434 e. The molecule has 1 atom stereocenters. The normalized spacial score (nSPS) is 20.1. The monoisotopic (exact) mass is 195 g/mol. The zero-order chi connectivity index (χ0) is 9.97. The molecule has 1 unspecified atom stereocenters. The number of methoxy groups -OCH3 is 1. The van der Waals surface area contributed by atoms with Crippen molar-refractivity contribution in [3.05, 3.63) is 29.8 Å². The van der Waals surface area contributed by atoms with Gasteiger partial charge in [0.2, 0.25) is 0 Å². The number of cyclic esters (lactones) is 1. The lowest BCUT2D eigenvalue weighted by molar-refractivity contribution is -0.0605. The molecule has 1 aliphatic rings. The third-order valence-corrected chi connectivity index (χ3v) is 1.85. The molecule has 0 bridgehead atoms. The number of carbonyl (C=O) groups excluding carboxylic acids is 1. The van der Waals surface area contributed by atoms with E-state index in [-0.39, 0.29) is 0 Å². The van der Waals surface area contributed by atoms with Crippen LogP contribution < -0.4 is 10.2 Å². The Labute approximate surface area is 80.5 Å². The van der Waals surface area contributed by atoms with Gasteiger partial charge in [0.25, 0.3) is 6.29 Å². The van der Waals surface area contributed by atoms with E-state index in [2.05, 4.69) is 5.48 Å². The van der Waals surface area contributed by atoms with Gasteiger partial charge in [-0.2, -0.15) is 5.48 Å². The summed E-state index contributed by atoms with van der Waals surface area (Å²) >= 11 is 0. The number of hydrogen-bond acceptors (Lipinski definition) is 4. The van der Waals surface area contributed by atoms with Gasteiger partial charge in [-0.15, -0.1) is 0 Å². The second-order valence-corrected chi connectivity index (χ2v) is 2.73. The van der Waals surface area contributed by atoms with E-state index in [9.17, 15) is 4.79 Å². The third-order valence-electron chi connectivity index (χ3n) is 1.85. The zero-order valence-electron chi connectivity index (χ0n) is 7.52. The summed E-state index contributed by atoms with van der Waals surface area (Å²) in [5, 5.41) is 0. The molecule has 1 heterocycles. The molecule has 2 rings (SSSR count). The van der Waals surface area contributed by atoms with Gasteiger partial charge in [0.1, 0.15) is 5.75 Å². The molecule has 1 N–H and O–H groups in total. The van der Waals surface area contributed by atoms with Crippen molar-refractivity contribution < 1.29 is 19.1 Å². The molecular formula is C9H9NO4. The summed E-state index contributed by atoms with van der Waals surface area (Å²) in [4.78, 5) is 15.5. The van der Waals surface area contributed by atoms with Gasteiger partial charge in [-0.25, -0.2) is 9.63 Å². The van der Waals surface area contributed by atoms with Crippen LogP contribution in [0.2, 0.25) is 0 Å². The molecule has 0 radical (unpaired) electrons. The van der Waals surface area contributed by atoms with Crippen LogP contribution in [0.25, 0.3) is 0 Å². The lowest BCUT2D eigenvalue weighted by atomic mass is 10.2. The third kappa shape index (κ3) is 1.62. The van der Waals surface area contributed by atoms with Gasteiger partial charge in [0.05, 0.1) is 7.11 Å². The molecule has 0 spiro atoms. The first-order valence-corrected chi connectivity index (χ1v) is 4.06. The SMILES string of the molecule is COc1ccc(C2ONC(=O)O2)cc1. The van der Waals surface area contributed by atoms with Gasteiger partial charge in [-0.05, 0) is 24.3 Å². The van der Waals surface area contributed by atoms with Gasteiger partial charge in [-0.3, -0.25) is 0 Å². The van der Waals surface area contributed by atoms with E-state index < -0.39 is 12.4 Å². The number of rotatable bonds is 2. The van der Waals surface area contributed by atoms with E-state index in [0.29, 0.717) is 0 Å². The van der Waals surface area contributed by atoms with Crippen LogP contribution in [0, 0.1) is 0 Å². The standard InChI is InChI=1S/C9H9NO4/c1-12-7-4-2-6(3-5-7)8-13-9(11)10-14-8/h2-5,8H,1H3,(H,10,11). The number of benzene rings is 1. The van der Waals surface area contributed by atoms with E-state index in [1.165, 1.54) is 0 Å². The molecule has 1 aromatic rings. The molecule has 0 aliphatic carbocycles. The molecule has 5 nitrogen and oxygen atoms in total. The number of hydroxylamine groups is 1. The highest BCUT2D eigenvalue weighted by Gasteiger charge is 2.25. The number of amides is 1. The molecule has 5 heteroatoms. The van der Waals surface area contributed by atoms with Crippen molar-refractivity contribution in [2.75, 3.05) is 7.11 Å². The summed E-state index contributed by atoms with van der Waals surface area (Å²) in [5.74, 6) is 0.742. The predicted octanol–water partition coefficient (Wildman–Crippen LogP) is 1.37. The van der Waals surface area contributed by atoms with Crippen molar-refractivity contribution in [3.63, 3.8) is 0 Å². The van der Waals surface area contributed by atoms with Crippen LogP contribution in [0.3, 0.4) is 0 Å². The molecule has 0 aromatic heterocycles. The fourth-order valence-corrected chi connectivity index (χ4v) is 1.14. The van der Waals surface area contributed by atoms with Crippen molar-refractivity contribution in [1.29, 1.82) is 0 Å². The summed E-state index contributed by atoms with van der Waals surface area (Å²) in [6.45, 7) is 0. The molecule has 1 saturated heterocycles. The average Bonchev–Trinajstić information content (AvgIpc) is 2.65. The molecule has 1 aliphatic heterocycles. The fraction of sp³-hybridized carbons (Fsp3) is 0.222. The van der Waals surface area contributed by atoms with Crippen molar-refractivity contribution in [3.8, 4) is 5.75 Å². The Morgan fingerprint density at radius 3 is 2.57 bits per heavy atom. The first-order valence-electron chi connectivity index (χ1n) is 4.06. The van der Waals surface area contributed by atoms with E-state index in [1.54, 1.807) is 31.4 Å². The highest BCUT2D eigenvalue weighted by atomic mass is 16.9. The first kappa shape index (κ1) is 8.83. The topological polar surface area (TPSA) is 56.8 Å². The summed E-state index contributed by atoms with van der Waals surface area (Å²) in [6.07, 6.45) is -1.25. The van der Waals surface area contributed by atoms with E-state index >= 15 is 0 Å². The molecule has 74 valence electrons. The van der Waals surface area contributed by atoms with E-state index in [1.807, 2.05) is 0 Å². The molecule has 1 amide bonds. The van der Waals surface area contributed by atoms with Gasteiger partial charge >= 0.3 is 6.09 Å². The minimum absolute atomic E-state index is 0.578. The van der Waals surface area contributed by atoms with Crippen LogP contribution in [-0.4, -0.2) is 13.2 Å². The number of carbonyl (C=O) groups is 1. The average molecular weight is 195 g/mol. The van der Waals surface area contributed by atoms with Crippen molar-refractivity contribution in [2.24, 2.45) is 0 Å². The van der Waals surface area contributed by atoms with E-state index in [0.717, 1.165) is 11.3 Å². The second kappa shape index (κ2) is 3.55. The summed E-state index contributed by atoms with van der Waals surface area (Å²) in [5.41, 5.74) is 2.86. The van der Waals surface area contributed by atoms with Crippen LogP contribution in [0.1, 0.15) is 11.9 Å². The van der Waals surface area contributed by atoms with E-state index in [4.69, 9.17) is 14.3 Å². The van der Waals surface area contributed by atoms with Crippen molar-refractivity contribution >= 4 is 6.09 Å². The number of nitrogens with one attached hydrogen (secondary N) is 1. The highest BCUT2D eigenvalue weighted by molar-refractivity contribution is 5.67. The molecule has 1 fully saturated rings. The maximum atomic E-state index is 10.7. The Hall–Kier alpha value is -1.75. The largest absolute Gasteiger partial charge is 0.497 e. The zero-order valence-corrected chi connectivity index (χ0v) is 7.52. The van der Waals surface area contributed by atoms with Crippen molar-refractivity contribution in [2.45, 2.75) is 6.29 Å². The summed E-state index contributed by atoms with van der Waals surface area (Å²) < 4.78 is 9.80. The lowest BCUT2D eigenvalue weighted by Gasteiger charge is -2.06. The van der Waals surface area contributed by atoms with Crippen LogP contribution in [0.5, 0.6) is 5.75 Å². The smallest absolute Gasteiger partial charge is 0.434 e. The van der Waals surface area contributed by atoms with Crippen molar-refractivity contribution in [1.82, 2.24) is 5.48 Å². The van der Waals surface area contributed by atoms with Gasteiger partial charge in [0.15, 0.2) is 0 Å². The minimum Gasteiger partial charge on any atom is -0.497 e. The Morgan fingerprint density at radius 2 is 2.07 bits per heavy atom. The van der Waals surface area contributed by atoms with Gasteiger partial charge in [0, 0.05) is 5.56 Å². The number of hydrogen-bond donors (Lipinski definition) is 1. The van der Waals surface area contributed by atoms with Gasteiger partial charge in [-0.1, -0.05) is 0 Å². The molecular weight excluding hydrogens is 186 g/mol. The Kier molecular flexibility index (Phi) is 2.24. The maximum absolute atomic E-state index is 10.7. The predicted molar refractivity (Wildman–Crippen MR) is 46.4 cm³/mol. The summed E-state index contributed by atoms with van der Waals surface area (Å²) in [7, 11) is 1.59. The minimum atomic E-state index is -0.673. The Balaban J connectivity index is 2.13. The van der Waals surface area contributed by atoms with Crippen LogP contribution in [0.4, 0.5) is 4.79 Å². The Bertz CT molecular complexity index is 335. The highest BCUT2D eigenvalue weighted by Crippen LogP contribution is 2.23. The second-order valence-electron chi connectivity index (χ2n) is 2.73. The quantitative estimate of drug-likeness (QED) is 0.774. The lowest BCUT2D eigenvalue weighted by Crippen LogP contribution is -2.10. The Morgan fingerprint density at radius 1 is 1.36 bits per heavy atom. The fourth-order valence-electron chi connectivity index (χ4n) is 1.14. The van der Waals surface area contributed by atoms with Crippen LogP contribution in [-0.2, 0) is 9.57 Å².